The van der Waals surface area contributed by atoms with Crippen molar-refractivity contribution in [1.29, 1.82) is 0 Å². The van der Waals surface area contributed by atoms with Crippen molar-refractivity contribution in [2.75, 3.05) is 45.8 Å². The summed E-state index contributed by atoms with van der Waals surface area (Å²) in [6.07, 6.45) is -0.464. The summed E-state index contributed by atoms with van der Waals surface area (Å²) >= 11 is 0. The van der Waals surface area contributed by atoms with Gasteiger partial charge in [0.15, 0.2) is 0 Å². The molecule has 39 heavy (non-hydrogen) atoms. The highest BCUT2D eigenvalue weighted by atomic mass is 19.4. The molecule has 0 aromatic carbocycles. The number of rotatable bonds is 5. The summed E-state index contributed by atoms with van der Waals surface area (Å²) in [5.74, 6) is -4.01. The predicted molar refractivity (Wildman–Crippen MR) is 124 cm³/mol. The number of alkyl halides is 6. The number of hydrogen-bond donors (Lipinski definition) is 2. The number of piperidine rings is 1. The van der Waals surface area contributed by atoms with Crippen molar-refractivity contribution < 1.29 is 50.9 Å². The zero-order valence-electron chi connectivity index (χ0n) is 21.5. The van der Waals surface area contributed by atoms with E-state index in [1.807, 2.05) is 19.4 Å². The minimum absolute atomic E-state index is 0.131. The molecule has 1 aromatic rings. The van der Waals surface area contributed by atoms with Crippen LogP contribution in [0.4, 0.5) is 26.3 Å². The molecule has 222 valence electrons. The summed E-state index contributed by atoms with van der Waals surface area (Å²) < 4.78 is 65.6. The molecule has 16 heteroatoms. The van der Waals surface area contributed by atoms with Crippen LogP contribution in [0.1, 0.15) is 37.9 Å². The summed E-state index contributed by atoms with van der Waals surface area (Å²) in [5, 5.41) is 14.2. The minimum Gasteiger partial charge on any atom is -0.475 e. The van der Waals surface area contributed by atoms with Gasteiger partial charge in [0.1, 0.15) is 5.82 Å². The number of carboxylic acid groups (broad SMARTS) is 2. The van der Waals surface area contributed by atoms with Crippen LogP contribution in [0.25, 0.3) is 0 Å². The average molecular weight is 574 g/mol. The molecular weight excluding hydrogens is 540 g/mol. The zero-order valence-corrected chi connectivity index (χ0v) is 21.5. The van der Waals surface area contributed by atoms with Crippen LogP contribution < -0.4 is 0 Å². The van der Waals surface area contributed by atoms with E-state index in [1.54, 1.807) is 0 Å². The van der Waals surface area contributed by atoms with Crippen molar-refractivity contribution in [3.63, 3.8) is 0 Å². The largest absolute Gasteiger partial charge is 0.490 e. The molecule has 0 saturated carbocycles. The first kappa shape index (κ1) is 32.3. The molecule has 4 rings (SSSR count). The number of carbonyl (C=O) groups excluding carboxylic acids is 1. The van der Waals surface area contributed by atoms with E-state index in [0.717, 1.165) is 64.4 Å². The maximum absolute atomic E-state index is 13.2. The molecule has 3 aliphatic heterocycles. The molecule has 3 aliphatic rings. The van der Waals surface area contributed by atoms with E-state index in [4.69, 9.17) is 19.8 Å². The third-order valence-corrected chi connectivity index (χ3v) is 6.91. The van der Waals surface area contributed by atoms with Crippen LogP contribution in [-0.4, -0.2) is 110 Å². The van der Waals surface area contributed by atoms with E-state index in [9.17, 15) is 31.1 Å². The lowest BCUT2D eigenvalue weighted by Gasteiger charge is -2.39. The van der Waals surface area contributed by atoms with Crippen molar-refractivity contribution in [3.05, 3.63) is 18.2 Å². The molecule has 0 bridgehead atoms. The number of imidazole rings is 1. The van der Waals surface area contributed by atoms with Crippen LogP contribution in [0.2, 0.25) is 0 Å². The molecule has 1 aromatic heterocycles. The number of carboxylic acids is 2. The molecule has 3 fully saturated rings. The molecule has 1 atom stereocenters. The van der Waals surface area contributed by atoms with E-state index < -0.39 is 24.3 Å². The summed E-state index contributed by atoms with van der Waals surface area (Å²) in [7, 11) is 2.04. The average Bonchev–Trinajstić information content (AvgIpc) is 3.56. The normalized spacial score (nSPS) is 22.3. The molecule has 1 amide bonds. The zero-order chi connectivity index (χ0) is 29.4. The van der Waals surface area contributed by atoms with Gasteiger partial charge in [-0.2, -0.15) is 26.3 Å². The van der Waals surface area contributed by atoms with Crippen molar-refractivity contribution in [2.45, 2.75) is 51.0 Å². The van der Waals surface area contributed by atoms with E-state index in [-0.39, 0.29) is 5.41 Å². The van der Waals surface area contributed by atoms with Crippen molar-refractivity contribution in [3.8, 4) is 0 Å². The number of aliphatic carboxylic acids is 2. The Morgan fingerprint density at radius 3 is 1.92 bits per heavy atom. The first-order valence-corrected chi connectivity index (χ1v) is 12.4. The number of nitrogens with zero attached hydrogens (tertiary/aromatic N) is 5. The van der Waals surface area contributed by atoms with Gasteiger partial charge in [-0.05, 0) is 51.7 Å². The Hall–Kier alpha value is -2.88. The van der Waals surface area contributed by atoms with Crippen molar-refractivity contribution in [2.24, 2.45) is 12.5 Å². The highest BCUT2D eigenvalue weighted by molar-refractivity contribution is 5.85. The van der Waals surface area contributed by atoms with Crippen LogP contribution in [-0.2, 0) is 28.0 Å². The molecule has 1 spiro atoms. The number of aromatic nitrogens is 2. The Balaban J connectivity index is 0.000000317. The van der Waals surface area contributed by atoms with Gasteiger partial charge in [0.2, 0.25) is 5.91 Å². The third-order valence-electron chi connectivity index (χ3n) is 6.91. The predicted octanol–water partition coefficient (Wildman–Crippen LogP) is 2.60. The molecule has 0 aliphatic carbocycles. The van der Waals surface area contributed by atoms with Gasteiger partial charge in [0.25, 0.3) is 0 Å². The molecule has 0 radical (unpaired) electrons. The van der Waals surface area contributed by atoms with Crippen LogP contribution in [0.15, 0.2) is 12.4 Å². The molecule has 2 N–H and O–H groups in total. The highest BCUT2D eigenvalue weighted by Gasteiger charge is 2.48. The van der Waals surface area contributed by atoms with Gasteiger partial charge >= 0.3 is 24.3 Å². The number of aryl methyl sites for hydroxylation is 1. The maximum atomic E-state index is 13.2. The molecule has 3 saturated heterocycles. The number of amides is 1. The summed E-state index contributed by atoms with van der Waals surface area (Å²) in [6, 6.07) is 0. The van der Waals surface area contributed by atoms with Gasteiger partial charge in [0.05, 0.1) is 12.0 Å². The topological polar surface area (TPSA) is 119 Å². The lowest BCUT2D eigenvalue weighted by Crippen LogP contribution is -2.48. The maximum Gasteiger partial charge on any atom is 0.490 e. The van der Waals surface area contributed by atoms with Gasteiger partial charge in [-0.25, -0.2) is 14.6 Å². The summed E-state index contributed by atoms with van der Waals surface area (Å²) in [6.45, 7) is 8.18. The molecule has 10 nitrogen and oxygen atoms in total. The van der Waals surface area contributed by atoms with Gasteiger partial charge in [-0.3, -0.25) is 9.69 Å². The number of hydrogen-bond acceptors (Lipinski definition) is 6. The fraction of sp³-hybridized carbons (Fsp3) is 0.739. The second-order valence-electron chi connectivity index (χ2n) is 9.75. The van der Waals surface area contributed by atoms with Crippen molar-refractivity contribution >= 4 is 17.8 Å². The Labute approximate surface area is 221 Å². The first-order chi connectivity index (χ1) is 18.0. The molecule has 1 unspecified atom stereocenters. The lowest BCUT2D eigenvalue weighted by molar-refractivity contribution is -0.193. The van der Waals surface area contributed by atoms with E-state index >= 15 is 0 Å². The molecular formula is C23H33F6N5O5. The minimum atomic E-state index is -5.08. The Morgan fingerprint density at radius 2 is 1.44 bits per heavy atom. The van der Waals surface area contributed by atoms with Crippen LogP contribution >= 0.6 is 0 Å². The van der Waals surface area contributed by atoms with Gasteiger partial charge < -0.3 is 24.6 Å². The van der Waals surface area contributed by atoms with Crippen LogP contribution in [0.3, 0.4) is 0 Å². The van der Waals surface area contributed by atoms with Crippen molar-refractivity contribution in [1.82, 2.24) is 24.3 Å². The second-order valence-corrected chi connectivity index (χ2v) is 9.75. The Morgan fingerprint density at radius 1 is 0.897 bits per heavy atom. The first-order valence-electron chi connectivity index (χ1n) is 12.4. The lowest BCUT2D eigenvalue weighted by atomic mass is 9.78. The smallest absolute Gasteiger partial charge is 0.475 e. The Bertz CT molecular complexity index is 955. The van der Waals surface area contributed by atoms with E-state index in [2.05, 4.69) is 24.3 Å². The molecule has 4 heterocycles. The quantitative estimate of drug-likeness (QED) is 0.517. The monoisotopic (exact) mass is 573 g/mol. The SMILES string of the molecule is Cn1ccnc1CN1CCCC2(CCN(CCN3CCCC3)C2=O)C1.O=C(O)C(F)(F)F.O=C(O)C(F)(F)F. The van der Waals surface area contributed by atoms with Gasteiger partial charge in [-0.1, -0.05) is 0 Å². The van der Waals surface area contributed by atoms with E-state index in [1.165, 1.54) is 25.9 Å². The van der Waals surface area contributed by atoms with Crippen LogP contribution in [0.5, 0.6) is 0 Å². The number of likely N-dealkylation sites (tertiary alicyclic amines) is 3. The fourth-order valence-corrected chi connectivity index (χ4v) is 4.86. The fourth-order valence-electron chi connectivity index (χ4n) is 4.86. The standard InChI is InChI=1S/C19H31N5O.2C2HF3O2/c1-21-12-7-20-17(21)15-23-10-4-5-19(16-23)6-11-24(18(19)25)14-13-22-8-2-3-9-22;2*3-2(4,5)1(6)7/h7,12H,2-6,8-11,13-16H2,1H3;2*(H,6,7). The third kappa shape index (κ3) is 9.67. The number of halogens is 6. The van der Waals surface area contributed by atoms with E-state index in [0.29, 0.717) is 5.91 Å². The number of carbonyl (C=O) groups is 3. The van der Waals surface area contributed by atoms with Crippen LogP contribution in [0, 0.1) is 5.41 Å². The van der Waals surface area contributed by atoms with Gasteiger partial charge in [-0.15, -0.1) is 0 Å². The van der Waals surface area contributed by atoms with Gasteiger partial charge in [0, 0.05) is 45.6 Å². The summed E-state index contributed by atoms with van der Waals surface area (Å²) in [4.78, 5) is 42.5. The Kier molecular flexibility index (Phi) is 11.2. The summed E-state index contributed by atoms with van der Waals surface area (Å²) in [5.41, 5.74) is -0.131. The second kappa shape index (κ2) is 13.5. The highest BCUT2D eigenvalue weighted by Crippen LogP contribution is 2.40.